The molecule has 1 aromatic heterocycles. The molecule has 0 atom stereocenters. The molecule has 0 aliphatic rings. The van der Waals surface area contributed by atoms with Gasteiger partial charge in [0.15, 0.2) is 5.78 Å². The summed E-state index contributed by atoms with van der Waals surface area (Å²) in [6.07, 6.45) is 0. The number of benzene rings is 2. The average Bonchev–Trinajstić information content (AvgIpc) is 2.83. The molecule has 2 aromatic carbocycles. The highest BCUT2D eigenvalue weighted by atomic mass is 35.5. The van der Waals surface area contributed by atoms with Crippen molar-refractivity contribution < 1.29 is 4.79 Å². The topological polar surface area (TPSA) is 77.9 Å². The number of nitrogens with two attached hydrogens (primary N) is 1. The molecule has 3 N–H and O–H groups in total. The number of hydrogen-bond donors (Lipinski definition) is 2. The average molecular weight is 463 g/mol. The van der Waals surface area contributed by atoms with Gasteiger partial charge in [-0.3, -0.25) is 10.2 Å². The van der Waals surface area contributed by atoms with E-state index in [-0.39, 0.29) is 38.7 Å². The standard InChI is InChI=1S/C16H11Cl4N5OS/c17-8-1-3-10(4-2-8)22-25-15(21)23-24(16(25)27)7-13(26)14-11(19)5-9(18)6-12(14)20/h1-6,22H,7H2,(H2,21,23). The maximum atomic E-state index is 12.6. The van der Waals surface area contributed by atoms with Crippen LogP contribution in [0, 0.1) is 4.77 Å². The Labute approximate surface area is 179 Å². The number of rotatable bonds is 5. The fourth-order valence-corrected chi connectivity index (χ4v) is 3.71. The lowest BCUT2D eigenvalue weighted by molar-refractivity contribution is 0.0967. The van der Waals surface area contributed by atoms with E-state index < -0.39 is 0 Å². The fraction of sp³-hybridized carbons (Fsp3) is 0.0625. The Kier molecular flexibility index (Phi) is 5.98. The van der Waals surface area contributed by atoms with E-state index in [4.69, 9.17) is 64.4 Å². The van der Waals surface area contributed by atoms with Gasteiger partial charge in [0.2, 0.25) is 10.7 Å². The molecule has 0 radical (unpaired) electrons. The van der Waals surface area contributed by atoms with E-state index >= 15 is 0 Å². The summed E-state index contributed by atoms with van der Waals surface area (Å²) in [6.45, 7) is -0.195. The number of ketones is 1. The van der Waals surface area contributed by atoms with Crippen molar-refractivity contribution in [2.45, 2.75) is 6.54 Å². The second-order valence-electron chi connectivity index (χ2n) is 5.42. The second kappa shape index (κ2) is 8.08. The van der Waals surface area contributed by atoms with Crippen LogP contribution in [0.3, 0.4) is 0 Å². The van der Waals surface area contributed by atoms with Crippen molar-refractivity contribution in [1.29, 1.82) is 0 Å². The molecule has 0 amide bonds. The van der Waals surface area contributed by atoms with Crippen molar-refractivity contribution in [2.75, 3.05) is 11.2 Å². The van der Waals surface area contributed by atoms with Gasteiger partial charge in [0.05, 0.1) is 21.3 Å². The van der Waals surface area contributed by atoms with Crippen molar-refractivity contribution in [3.05, 3.63) is 66.8 Å². The largest absolute Gasteiger partial charge is 0.366 e. The molecular weight excluding hydrogens is 452 g/mol. The van der Waals surface area contributed by atoms with E-state index in [1.165, 1.54) is 21.5 Å². The molecule has 0 bridgehead atoms. The minimum Gasteiger partial charge on any atom is -0.366 e. The van der Waals surface area contributed by atoms with Gasteiger partial charge in [-0.15, -0.1) is 5.10 Å². The van der Waals surface area contributed by atoms with Gasteiger partial charge in [-0.2, -0.15) is 4.68 Å². The molecule has 0 aliphatic carbocycles. The van der Waals surface area contributed by atoms with E-state index in [1.54, 1.807) is 24.3 Å². The third-order valence-corrected chi connectivity index (χ3v) is 4.99. The third kappa shape index (κ3) is 4.39. The number of aromatic nitrogens is 3. The second-order valence-corrected chi connectivity index (χ2v) is 7.47. The zero-order valence-electron chi connectivity index (χ0n) is 13.4. The normalized spacial score (nSPS) is 10.8. The van der Waals surface area contributed by atoms with Crippen molar-refractivity contribution in [2.24, 2.45) is 0 Å². The quantitative estimate of drug-likeness (QED) is 0.393. The summed E-state index contributed by atoms with van der Waals surface area (Å²) in [4.78, 5) is 12.6. The first-order valence-corrected chi connectivity index (χ1v) is 9.34. The van der Waals surface area contributed by atoms with Crippen LogP contribution in [-0.2, 0) is 6.54 Å². The number of nitrogens with zero attached hydrogens (tertiary/aromatic N) is 3. The lowest BCUT2D eigenvalue weighted by Gasteiger charge is -2.08. The van der Waals surface area contributed by atoms with Crippen LogP contribution in [0.2, 0.25) is 20.1 Å². The van der Waals surface area contributed by atoms with Crippen LogP contribution in [-0.4, -0.2) is 20.2 Å². The number of nitrogens with one attached hydrogen (secondary N) is 1. The molecule has 140 valence electrons. The van der Waals surface area contributed by atoms with Crippen LogP contribution < -0.4 is 11.2 Å². The number of carbonyl (C=O) groups excluding carboxylic acids is 1. The fourth-order valence-electron chi connectivity index (χ4n) is 2.31. The van der Waals surface area contributed by atoms with Crippen LogP contribution in [0.1, 0.15) is 10.4 Å². The Morgan fingerprint density at radius 3 is 2.26 bits per heavy atom. The van der Waals surface area contributed by atoms with E-state index in [9.17, 15) is 4.79 Å². The molecule has 0 aliphatic heterocycles. The van der Waals surface area contributed by atoms with Crippen molar-refractivity contribution in [1.82, 2.24) is 14.5 Å². The number of nitrogen functional groups attached to an aromatic ring is 1. The lowest BCUT2D eigenvalue weighted by atomic mass is 10.1. The molecular formula is C16H11Cl4N5OS. The van der Waals surface area contributed by atoms with Crippen molar-refractivity contribution in [3.63, 3.8) is 0 Å². The summed E-state index contributed by atoms with van der Waals surface area (Å²) in [7, 11) is 0. The molecule has 0 saturated carbocycles. The number of halogens is 4. The molecule has 0 saturated heterocycles. The highest BCUT2D eigenvalue weighted by molar-refractivity contribution is 7.71. The Balaban J connectivity index is 1.88. The first kappa shape index (κ1) is 20.0. The highest BCUT2D eigenvalue weighted by Crippen LogP contribution is 2.29. The molecule has 6 nitrogen and oxygen atoms in total. The Morgan fingerprint density at radius 1 is 1.07 bits per heavy atom. The summed E-state index contributed by atoms with van der Waals surface area (Å²) < 4.78 is 2.84. The van der Waals surface area contributed by atoms with Gasteiger partial charge in [0, 0.05) is 10.0 Å². The minimum absolute atomic E-state index is 0.0797. The SMILES string of the molecule is Nc1nn(CC(=O)c2c(Cl)cc(Cl)cc2Cl)c(=S)n1Nc1ccc(Cl)cc1. The predicted octanol–water partition coefficient (Wildman–Crippen LogP) is 5.37. The van der Waals surface area contributed by atoms with Crippen molar-refractivity contribution in [3.8, 4) is 0 Å². The maximum absolute atomic E-state index is 12.6. The zero-order valence-corrected chi connectivity index (χ0v) is 17.3. The Bertz CT molecular complexity index is 1050. The van der Waals surface area contributed by atoms with Crippen molar-refractivity contribution >= 4 is 76.0 Å². The summed E-state index contributed by atoms with van der Waals surface area (Å²) in [5, 5.41) is 5.32. The molecule has 27 heavy (non-hydrogen) atoms. The van der Waals surface area contributed by atoms with Crippen LogP contribution in [0.15, 0.2) is 36.4 Å². The van der Waals surface area contributed by atoms with Gasteiger partial charge in [-0.1, -0.05) is 46.4 Å². The van der Waals surface area contributed by atoms with Gasteiger partial charge in [-0.25, -0.2) is 4.68 Å². The van der Waals surface area contributed by atoms with E-state index in [0.29, 0.717) is 15.7 Å². The molecule has 0 spiro atoms. The smallest absolute Gasteiger partial charge is 0.240 e. The minimum atomic E-state index is -0.381. The van der Waals surface area contributed by atoms with Gasteiger partial charge in [-0.05, 0) is 48.6 Å². The number of anilines is 2. The van der Waals surface area contributed by atoms with E-state index in [2.05, 4.69) is 10.5 Å². The molecule has 11 heteroatoms. The van der Waals surface area contributed by atoms with Gasteiger partial charge >= 0.3 is 0 Å². The summed E-state index contributed by atoms with van der Waals surface area (Å²) in [6, 6.07) is 9.80. The lowest BCUT2D eigenvalue weighted by Crippen LogP contribution is -2.15. The number of carbonyl (C=O) groups is 1. The van der Waals surface area contributed by atoms with E-state index in [1.807, 2.05) is 0 Å². The Morgan fingerprint density at radius 2 is 1.67 bits per heavy atom. The molecule has 3 aromatic rings. The van der Waals surface area contributed by atoms with Gasteiger partial charge in [0.25, 0.3) is 0 Å². The molecule has 3 rings (SSSR count). The molecule has 0 unspecified atom stereocenters. The first-order valence-electron chi connectivity index (χ1n) is 7.42. The summed E-state index contributed by atoms with van der Waals surface area (Å²) >= 11 is 29.3. The van der Waals surface area contributed by atoms with E-state index in [0.717, 1.165) is 0 Å². The summed E-state index contributed by atoms with van der Waals surface area (Å²) in [5.41, 5.74) is 9.74. The molecule has 1 heterocycles. The van der Waals surface area contributed by atoms with Crippen LogP contribution in [0.4, 0.5) is 11.6 Å². The van der Waals surface area contributed by atoms with Gasteiger partial charge < -0.3 is 5.73 Å². The van der Waals surface area contributed by atoms with Crippen LogP contribution >= 0.6 is 58.6 Å². The van der Waals surface area contributed by atoms with Crippen LogP contribution in [0.5, 0.6) is 0 Å². The number of hydrogen-bond acceptors (Lipinski definition) is 5. The monoisotopic (exact) mass is 461 g/mol. The summed E-state index contributed by atoms with van der Waals surface area (Å²) in [5.74, 6) is -0.301. The number of Topliss-reactive ketones (excluding diaryl/α,β-unsaturated/α-hetero) is 1. The van der Waals surface area contributed by atoms with Gasteiger partial charge in [0.1, 0.15) is 6.54 Å². The first-order chi connectivity index (χ1) is 12.8. The predicted molar refractivity (Wildman–Crippen MR) is 112 cm³/mol. The Hall–Kier alpha value is -1.77. The maximum Gasteiger partial charge on any atom is 0.240 e. The van der Waals surface area contributed by atoms with Crippen LogP contribution in [0.25, 0.3) is 0 Å². The third-order valence-electron chi connectivity index (χ3n) is 3.53. The zero-order chi connectivity index (χ0) is 19.7. The highest BCUT2D eigenvalue weighted by Gasteiger charge is 2.19. The molecule has 0 fully saturated rings.